The van der Waals surface area contributed by atoms with E-state index in [2.05, 4.69) is 22.2 Å². The van der Waals surface area contributed by atoms with Crippen LogP contribution in [0.2, 0.25) is 0 Å². The van der Waals surface area contributed by atoms with Gasteiger partial charge >= 0.3 is 0 Å². The van der Waals surface area contributed by atoms with Gasteiger partial charge in [-0.3, -0.25) is 0 Å². The van der Waals surface area contributed by atoms with Crippen LogP contribution in [-0.2, 0) is 21.3 Å². The number of hydrogen-bond donors (Lipinski definition) is 2. The van der Waals surface area contributed by atoms with Crippen molar-refractivity contribution in [2.45, 2.75) is 38.5 Å². The average molecular weight is 346 g/mol. The van der Waals surface area contributed by atoms with E-state index in [4.69, 9.17) is 0 Å². The van der Waals surface area contributed by atoms with Gasteiger partial charge in [0.15, 0.2) is 0 Å². The van der Waals surface area contributed by atoms with Crippen LogP contribution in [0.5, 0.6) is 0 Å². The molecular weight excluding hydrogens is 320 g/mol. The normalized spacial score (nSPS) is 12.1. The lowest BCUT2D eigenvalue weighted by atomic mass is 10.0. The van der Waals surface area contributed by atoms with E-state index in [1.165, 1.54) is 5.56 Å². The summed E-state index contributed by atoms with van der Waals surface area (Å²) in [6.45, 7) is 6.61. The molecular formula is C19H26N2O2S. The molecule has 2 aromatic carbocycles. The molecule has 0 saturated heterocycles. The molecule has 0 aliphatic heterocycles. The summed E-state index contributed by atoms with van der Waals surface area (Å²) in [7, 11) is -3.41. The van der Waals surface area contributed by atoms with E-state index in [1.807, 2.05) is 49.4 Å². The molecule has 0 amide bonds. The Balaban J connectivity index is 2.08. The SMILES string of the molecule is CCCNS(=O)(=O)C(C)(C)c1ccc(NCc2ccccc2)cc1. The molecule has 24 heavy (non-hydrogen) atoms. The summed E-state index contributed by atoms with van der Waals surface area (Å²) >= 11 is 0. The highest BCUT2D eigenvalue weighted by Gasteiger charge is 2.35. The number of nitrogens with one attached hydrogen (secondary N) is 2. The second-order valence-electron chi connectivity index (χ2n) is 6.32. The summed E-state index contributed by atoms with van der Waals surface area (Å²) < 4.78 is 26.7. The van der Waals surface area contributed by atoms with Gasteiger partial charge in [0.1, 0.15) is 4.75 Å². The van der Waals surface area contributed by atoms with Crippen LogP contribution in [0.15, 0.2) is 54.6 Å². The molecule has 4 nitrogen and oxygen atoms in total. The zero-order valence-corrected chi connectivity index (χ0v) is 15.4. The number of anilines is 1. The summed E-state index contributed by atoms with van der Waals surface area (Å²) in [5.74, 6) is 0. The molecule has 0 heterocycles. The van der Waals surface area contributed by atoms with Crippen LogP contribution in [-0.4, -0.2) is 15.0 Å². The number of sulfonamides is 1. The zero-order chi connectivity index (χ0) is 17.6. The molecule has 0 atom stereocenters. The van der Waals surface area contributed by atoms with E-state index in [9.17, 15) is 8.42 Å². The molecule has 130 valence electrons. The third kappa shape index (κ3) is 4.36. The first-order valence-corrected chi connectivity index (χ1v) is 9.72. The van der Waals surface area contributed by atoms with E-state index >= 15 is 0 Å². The lowest BCUT2D eigenvalue weighted by Crippen LogP contribution is -2.39. The van der Waals surface area contributed by atoms with Gasteiger partial charge in [-0.05, 0) is 43.5 Å². The smallest absolute Gasteiger partial charge is 0.221 e. The predicted octanol–water partition coefficient (Wildman–Crippen LogP) is 3.86. The average Bonchev–Trinajstić information content (AvgIpc) is 2.59. The lowest BCUT2D eigenvalue weighted by molar-refractivity contribution is 0.539. The Kier molecular flexibility index (Phi) is 6.02. The summed E-state index contributed by atoms with van der Waals surface area (Å²) in [5, 5.41) is 3.35. The Labute approximate surface area is 145 Å². The minimum absolute atomic E-state index is 0.461. The Morgan fingerprint density at radius 1 is 0.958 bits per heavy atom. The lowest BCUT2D eigenvalue weighted by Gasteiger charge is -2.26. The fourth-order valence-electron chi connectivity index (χ4n) is 2.36. The molecule has 2 rings (SSSR count). The van der Waals surface area contributed by atoms with Gasteiger partial charge in [0.25, 0.3) is 0 Å². The molecule has 0 aliphatic rings. The van der Waals surface area contributed by atoms with E-state index in [0.717, 1.165) is 24.2 Å². The first-order valence-electron chi connectivity index (χ1n) is 8.24. The van der Waals surface area contributed by atoms with Gasteiger partial charge in [-0.15, -0.1) is 0 Å². The van der Waals surface area contributed by atoms with Crippen molar-refractivity contribution in [3.8, 4) is 0 Å². The number of hydrogen-bond acceptors (Lipinski definition) is 3. The fraction of sp³-hybridized carbons (Fsp3) is 0.368. The van der Waals surface area contributed by atoms with E-state index < -0.39 is 14.8 Å². The van der Waals surface area contributed by atoms with Crippen molar-refractivity contribution in [2.24, 2.45) is 0 Å². The van der Waals surface area contributed by atoms with Gasteiger partial charge in [0.05, 0.1) is 0 Å². The topological polar surface area (TPSA) is 58.2 Å². The van der Waals surface area contributed by atoms with Crippen molar-refractivity contribution in [2.75, 3.05) is 11.9 Å². The third-order valence-electron chi connectivity index (χ3n) is 4.13. The molecule has 0 aromatic heterocycles. The first kappa shape index (κ1) is 18.5. The van der Waals surface area contributed by atoms with E-state index in [0.29, 0.717) is 6.54 Å². The molecule has 0 unspecified atom stereocenters. The molecule has 5 heteroatoms. The molecule has 0 spiro atoms. The molecule has 0 bridgehead atoms. The maximum Gasteiger partial charge on any atom is 0.221 e. The summed E-state index contributed by atoms with van der Waals surface area (Å²) in [4.78, 5) is 0. The van der Waals surface area contributed by atoms with Crippen molar-refractivity contribution >= 4 is 15.7 Å². The van der Waals surface area contributed by atoms with Gasteiger partial charge in [0.2, 0.25) is 10.0 Å². The first-order chi connectivity index (χ1) is 11.4. The third-order valence-corrected chi connectivity index (χ3v) is 6.30. The van der Waals surface area contributed by atoms with Crippen molar-refractivity contribution < 1.29 is 8.42 Å². The van der Waals surface area contributed by atoms with Crippen LogP contribution in [0.3, 0.4) is 0 Å². The quantitative estimate of drug-likeness (QED) is 0.763. The minimum Gasteiger partial charge on any atom is -0.381 e. The summed E-state index contributed by atoms with van der Waals surface area (Å²) in [6.07, 6.45) is 0.775. The van der Waals surface area contributed by atoms with Gasteiger partial charge < -0.3 is 5.32 Å². The van der Waals surface area contributed by atoms with Crippen LogP contribution in [0, 0.1) is 0 Å². The van der Waals surface area contributed by atoms with Crippen LogP contribution < -0.4 is 10.0 Å². The maximum absolute atomic E-state index is 12.5. The van der Waals surface area contributed by atoms with Gasteiger partial charge in [-0.25, -0.2) is 13.1 Å². The Hall–Kier alpha value is -1.85. The largest absolute Gasteiger partial charge is 0.381 e. The van der Waals surface area contributed by atoms with Crippen molar-refractivity contribution in [3.05, 3.63) is 65.7 Å². The van der Waals surface area contributed by atoms with E-state index in [-0.39, 0.29) is 0 Å². The monoisotopic (exact) mass is 346 g/mol. The molecule has 2 aromatic rings. The second-order valence-corrected chi connectivity index (χ2v) is 8.64. The summed E-state index contributed by atoms with van der Waals surface area (Å²) in [6, 6.07) is 17.7. The molecule has 0 fully saturated rings. The summed E-state index contributed by atoms with van der Waals surface area (Å²) in [5.41, 5.74) is 2.95. The Morgan fingerprint density at radius 3 is 2.17 bits per heavy atom. The van der Waals surface area contributed by atoms with Gasteiger partial charge in [-0.2, -0.15) is 0 Å². The van der Waals surface area contributed by atoms with E-state index in [1.54, 1.807) is 13.8 Å². The second kappa shape index (κ2) is 7.81. The van der Waals surface area contributed by atoms with Gasteiger partial charge in [-0.1, -0.05) is 49.4 Å². The van der Waals surface area contributed by atoms with Crippen LogP contribution in [0.1, 0.15) is 38.3 Å². The number of rotatable bonds is 8. The highest BCUT2D eigenvalue weighted by molar-refractivity contribution is 7.90. The molecule has 0 radical (unpaired) electrons. The molecule has 0 aliphatic carbocycles. The van der Waals surface area contributed by atoms with Crippen molar-refractivity contribution in [1.29, 1.82) is 0 Å². The van der Waals surface area contributed by atoms with Crippen molar-refractivity contribution in [1.82, 2.24) is 4.72 Å². The van der Waals surface area contributed by atoms with Crippen LogP contribution in [0.4, 0.5) is 5.69 Å². The predicted molar refractivity (Wildman–Crippen MR) is 100 cm³/mol. The fourth-order valence-corrected chi connectivity index (χ4v) is 3.64. The minimum atomic E-state index is -3.41. The highest BCUT2D eigenvalue weighted by atomic mass is 32.2. The molecule has 0 saturated carbocycles. The van der Waals surface area contributed by atoms with Crippen LogP contribution in [0.25, 0.3) is 0 Å². The van der Waals surface area contributed by atoms with Crippen LogP contribution >= 0.6 is 0 Å². The van der Waals surface area contributed by atoms with Crippen molar-refractivity contribution in [3.63, 3.8) is 0 Å². The van der Waals surface area contributed by atoms with Gasteiger partial charge in [0, 0.05) is 18.8 Å². The maximum atomic E-state index is 12.5. The Bertz CT molecular complexity index is 739. The number of benzene rings is 2. The Morgan fingerprint density at radius 2 is 1.58 bits per heavy atom. The molecule has 2 N–H and O–H groups in total. The zero-order valence-electron chi connectivity index (χ0n) is 14.5. The highest BCUT2D eigenvalue weighted by Crippen LogP contribution is 2.29. The standard InChI is InChI=1S/C19H26N2O2S/c1-4-14-21-24(22,23)19(2,3)17-10-12-18(13-11-17)20-15-16-8-6-5-7-9-16/h5-13,20-21H,4,14-15H2,1-3H3.